The number of nitrogens with zero attached hydrogens (tertiary/aromatic N) is 1. The summed E-state index contributed by atoms with van der Waals surface area (Å²) in [5, 5.41) is 14.1. The summed E-state index contributed by atoms with van der Waals surface area (Å²) in [6, 6.07) is 8.97. The molecule has 1 aromatic carbocycles. The van der Waals surface area contributed by atoms with Gasteiger partial charge in [-0.25, -0.2) is 0 Å². The highest BCUT2D eigenvalue weighted by atomic mass is 16.5. The Labute approximate surface area is 117 Å². The van der Waals surface area contributed by atoms with E-state index in [9.17, 15) is 9.59 Å². The van der Waals surface area contributed by atoms with Crippen molar-refractivity contribution in [1.29, 1.82) is 5.26 Å². The number of esters is 1. The van der Waals surface area contributed by atoms with Gasteiger partial charge in [-0.2, -0.15) is 5.26 Å². The molecular weight excluding hydrogens is 258 g/mol. The van der Waals surface area contributed by atoms with E-state index >= 15 is 0 Å². The number of methoxy groups -OCH3 is 1. The highest BCUT2D eigenvalue weighted by molar-refractivity contribution is 6.06. The van der Waals surface area contributed by atoms with E-state index in [-0.39, 0.29) is 12.1 Å². The minimum absolute atomic E-state index is 0.112. The first-order valence-electron chi connectivity index (χ1n) is 5.85. The molecule has 0 aliphatic heterocycles. The van der Waals surface area contributed by atoms with Gasteiger partial charge in [-0.15, -0.1) is 0 Å². The zero-order valence-electron chi connectivity index (χ0n) is 11.3. The number of amides is 1. The maximum Gasteiger partial charge on any atom is 0.325 e. The number of carbonyl (C=O) groups excluding carboxylic acids is 2. The molecule has 1 aromatic rings. The van der Waals surface area contributed by atoms with Crippen molar-refractivity contribution >= 4 is 17.6 Å². The monoisotopic (exact) mass is 273 g/mol. The summed E-state index contributed by atoms with van der Waals surface area (Å²) in [5.41, 5.74) is 1.47. The second kappa shape index (κ2) is 7.59. The standard InChI is InChI=1S/C14H15N3O3/c1-10-4-3-5-12(6-10)17-14(19)11(7-15)8-16-9-13(18)20-2/h3-6,8,16H,9H2,1-2H3,(H,17,19)/b11-8-. The molecule has 0 saturated carbocycles. The molecule has 0 radical (unpaired) electrons. The fourth-order valence-corrected chi connectivity index (χ4v) is 1.38. The van der Waals surface area contributed by atoms with Crippen LogP contribution in [-0.4, -0.2) is 25.5 Å². The van der Waals surface area contributed by atoms with E-state index in [1.54, 1.807) is 24.3 Å². The first-order valence-corrected chi connectivity index (χ1v) is 5.85. The van der Waals surface area contributed by atoms with Crippen LogP contribution in [0.15, 0.2) is 36.0 Å². The van der Waals surface area contributed by atoms with Gasteiger partial charge in [0.15, 0.2) is 0 Å². The normalized spacial score (nSPS) is 10.3. The minimum Gasteiger partial charge on any atom is -0.468 e. The number of rotatable bonds is 5. The van der Waals surface area contributed by atoms with E-state index in [1.165, 1.54) is 13.3 Å². The second-order valence-electron chi connectivity index (χ2n) is 3.95. The first-order chi connectivity index (χ1) is 9.56. The van der Waals surface area contributed by atoms with Crippen LogP contribution in [0.1, 0.15) is 5.56 Å². The van der Waals surface area contributed by atoms with Crippen molar-refractivity contribution in [2.24, 2.45) is 0 Å². The van der Waals surface area contributed by atoms with Gasteiger partial charge >= 0.3 is 5.97 Å². The van der Waals surface area contributed by atoms with Gasteiger partial charge < -0.3 is 15.4 Å². The Balaban J connectivity index is 2.66. The number of carbonyl (C=O) groups is 2. The average Bonchev–Trinajstić information content (AvgIpc) is 2.43. The molecule has 0 saturated heterocycles. The van der Waals surface area contributed by atoms with E-state index in [2.05, 4.69) is 15.4 Å². The van der Waals surface area contributed by atoms with Crippen LogP contribution >= 0.6 is 0 Å². The molecule has 2 N–H and O–H groups in total. The van der Waals surface area contributed by atoms with Crippen molar-refractivity contribution in [1.82, 2.24) is 5.32 Å². The lowest BCUT2D eigenvalue weighted by Crippen LogP contribution is -2.22. The van der Waals surface area contributed by atoms with E-state index in [0.717, 1.165) is 5.56 Å². The van der Waals surface area contributed by atoms with Crippen LogP contribution in [-0.2, 0) is 14.3 Å². The van der Waals surface area contributed by atoms with Gasteiger partial charge in [-0.05, 0) is 24.6 Å². The van der Waals surface area contributed by atoms with Crippen molar-refractivity contribution in [3.8, 4) is 6.07 Å². The zero-order chi connectivity index (χ0) is 15.0. The summed E-state index contributed by atoms with van der Waals surface area (Å²) in [6.07, 6.45) is 1.18. The molecule has 6 nitrogen and oxygen atoms in total. The quantitative estimate of drug-likeness (QED) is 0.476. The number of nitrogens with one attached hydrogen (secondary N) is 2. The third-order valence-corrected chi connectivity index (χ3v) is 2.36. The van der Waals surface area contributed by atoms with E-state index in [4.69, 9.17) is 5.26 Å². The van der Waals surface area contributed by atoms with Gasteiger partial charge in [0, 0.05) is 11.9 Å². The molecule has 0 fully saturated rings. The van der Waals surface area contributed by atoms with Gasteiger partial charge in [0.2, 0.25) is 0 Å². The molecule has 0 unspecified atom stereocenters. The lowest BCUT2D eigenvalue weighted by molar-refractivity contribution is -0.139. The summed E-state index contributed by atoms with van der Waals surface area (Å²) in [4.78, 5) is 22.7. The Morgan fingerprint density at radius 2 is 2.20 bits per heavy atom. The number of hydrogen-bond acceptors (Lipinski definition) is 5. The van der Waals surface area contributed by atoms with Gasteiger partial charge in [0.1, 0.15) is 18.2 Å². The molecule has 0 heterocycles. The molecule has 6 heteroatoms. The van der Waals surface area contributed by atoms with Crippen LogP contribution in [0.5, 0.6) is 0 Å². The fourth-order valence-electron chi connectivity index (χ4n) is 1.38. The van der Waals surface area contributed by atoms with Crippen molar-refractivity contribution in [3.63, 3.8) is 0 Å². The summed E-state index contributed by atoms with van der Waals surface area (Å²) < 4.78 is 4.42. The van der Waals surface area contributed by atoms with Crippen LogP contribution < -0.4 is 10.6 Å². The molecule has 0 spiro atoms. The predicted octanol–water partition coefficient (Wildman–Crippen LogP) is 1.10. The third kappa shape index (κ3) is 4.82. The highest BCUT2D eigenvalue weighted by Crippen LogP contribution is 2.10. The van der Waals surface area contributed by atoms with E-state index in [0.29, 0.717) is 5.69 Å². The molecule has 104 valence electrons. The van der Waals surface area contributed by atoms with Crippen molar-refractivity contribution < 1.29 is 14.3 Å². The molecule has 1 rings (SSSR count). The molecule has 0 aliphatic rings. The smallest absolute Gasteiger partial charge is 0.325 e. The summed E-state index contributed by atoms with van der Waals surface area (Å²) in [5.74, 6) is -1.03. The van der Waals surface area contributed by atoms with Gasteiger partial charge in [-0.1, -0.05) is 12.1 Å². The van der Waals surface area contributed by atoms with Crippen LogP contribution in [0, 0.1) is 18.3 Å². The molecule has 0 atom stereocenters. The second-order valence-corrected chi connectivity index (χ2v) is 3.95. The topological polar surface area (TPSA) is 91.2 Å². The van der Waals surface area contributed by atoms with Crippen molar-refractivity contribution in [2.75, 3.05) is 19.0 Å². The van der Waals surface area contributed by atoms with Crippen molar-refractivity contribution in [3.05, 3.63) is 41.6 Å². The lowest BCUT2D eigenvalue weighted by atomic mass is 10.2. The SMILES string of the molecule is COC(=O)CN/C=C(/C#N)C(=O)Nc1cccc(C)c1. The molecule has 0 aliphatic carbocycles. The first kappa shape index (κ1) is 15.2. The Hall–Kier alpha value is -2.81. The maximum atomic E-state index is 11.8. The van der Waals surface area contributed by atoms with Crippen LogP contribution in [0.25, 0.3) is 0 Å². The Morgan fingerprint density at radius 3 is 2.80 bits per heavy atom. The minimum atomic E-state index is -0.546. The predicted molar refractivity (Wildman–Crippen MR) is 73.5 cm³/mol. The fraction of sp³-hybridized carbons (Fsp3) is 0.214. The molecule has 0 bridgehead atoms. The van der Waals surface area contributed by atoms with Crippen LogP contribution in [0.3, 0.4) is 0 Å². The Kier molecular flexibility index (Phi) is 5.78. The summed E-state index contributed by atoms with van der Waals surface area (Å²) in [6.45, 7) is 1.79. The average molecular weight is 273 g/mol. The number of hydrogen-bond donors (Lipinski definition) is 2. The molecule has 1 amide bonds. The number of ether oxygens (including phenoxy) is 1. The van der Waals surface area contributed by atoms with E-state index < -0.39 is 11.9 Å². The summed E-state index contributed by atoms with van der Waals surface area (Å²) in [7, 11) is 1.25. The van der Waals surface area contributed by atoms with Crippen molar-refractivity contribution in [2.45, 2.75) is 6.92 Å². The third-order valence-electron chi connectivity index (χ3n) is 2.36. The largest absolute Gasteiger partial charge is 0.468 e. The number of nitriles is 1. The number of aryl methyl sites for hydroxylation is 1. The van der Waals surface area contributed by atoms with Gasteiger partial charge in [0.25, 0.3) is 5.91 Å². The highest BCUT2D eigenvalue weighted by Gasteiger charge is 2.09. The Morgan fingerprint density at radius 1 is 1.45 bits per heavy atom. The molecular formula is C14H15N3O3. The summed E-state index contributed by atoms with van der Waals surface area (Å²) >= 11 is 0. The number of benzene rings is 1. The Bertz CT molecular complexity index is 573. The van der Waals surface area contributed by atoms with E-state index in [1.807, 2.05) is 13.0 Å². The van der Waals surface area contributed by atoms with Crippen LogP contribution in [0.4, 0.5) is 5.69 Å². The molecule has 20 heavy (non-hydrogen) atoms. The maximum absolute atomic E-state index is 11.8. The lowest BCUT2D eigenvalue weighted by Gasteiger charge is -2.05. The zero-order valence-corrected chi connectivity index (χ0v) is 11.3. The van der Waals surface area contributed by atoms with Gasteiger partial charge in [0.05, 0.1) is 7.11 Å². The number of anilines is 1. The molecule has 0 aromatic heterocycles. The van der Waals surface area contributed by atoms with Crippen LogP contribution in [0.2, 0.25) is 0 Å². The van der Waals surface area contributed by atoms with Gasteiger partial charge in [-0.3, -0.25) is 9.59 Å².